The largest absolute Gasteiger partial charge is 0.389 e. The predicted molar refractivity (Wildman–Crippen MR) is 75.3 cm³/mol. The third kappa shape index (κ3) is 3.00. The van der Waals surface area contributed by atoms with E-state index in [1.807, 2.05) is 11.8 Å². The Kier molecular flexibility index (Phi) is 4.72. The first kappa shape index (κ1) is 15.7. The van der Waals surface area contributed by atoms with Crippen molar-refractivity contribution in [3.8, 4) is 0 Å². The molecule has 5 heteroatoms. The molecule has 1 aliphatic heterocycles. The second kappa shape index (κ2) is 6.00. The maximum atomic E-state index is 12.6. The summed E-state index contributed by atoms with van der Waals surface area (Å²) in [6.45, 7) is 4.36. The van der Waals surface area contributed by atoms with Crippen LogP contribution in [0.15, 0.2) is 0 Å². The molecule has 1 saturated heterocycles. The lowest BCUT2D eigenvalue weighted by Gasteiger charge is -2.44. The molecule has 1 heterocycles. The maximum Gasteiger partial charge on any atom is 0.231 e. The Hall–Kier alpha value is -0.650. The van der Waals surface area contributed by atoms with E-state index in [9.17, 15) is 9.90 Å². The summed E-state index contributed by atoms with van der Waals surface area (Å²) in [5.41, 5.74) is -0.971. The van der Waals surface area contributed by atoms with E-state index < -0.39 is 5.60 Å². The van der Waals surface area contributed by atoms with Gasteiger partial charge in [0.1, 0.15) is 0 Å². The van der Waals surface area contributed by atoms with Crippen molar-refractivity contribution in [1.29, 1.82) is 0 Å². The van der Waals surface area contributed by atoms with Gasteiger partial charge in [0.25, 0.3) is 0 Å². The number of carbonyl (C=O) groups excluding carboxylic acids is 1. The molecule has 0 aromatic rings. The Labute approximate surface area is 121 Å². The molecule has 116 valence electrons. The van der Waals surface area contributed by atoms with Crippen molar-refractivity contribution in [3.63, 3.8) is 0 Å². The molecule has 1 saturated carbocycles. The number of piperidine rings is 1. The van der Waals surface area contributed by atoms with Crippen LogP contribution in [0.5, 0.6) is 0 Å². The van der Waals surface area contributed by atoms with Crippen molar-refractivity contribution >= 4 is 5.91 Å². The molecule has 5 nitrogen and oxygen atoms in total. The number of likely N-dealkylation sites (tertiary alicyclic amines) is 1. The maximum absolute atomic E-state index is 12.6. The smallest absolute Gasteiger partial charge is 0.231 e. The Bertz CT molecular complexity index is 356. The van der Waals surface area contributed by atoms with Gasteiger partial charge in [0.15, 0.2) is 0 Å². The number of nitrogens with zero attached hydrogens (tertiary/aromatic N) is 1. The third-order valence-electron chi connectivity index (χ3n) is 4.98. The second-order valence-corrected chi connectivity index (χ2v) is 6.46. The summed E-state index contributed by atoms with van der Waals surface area (Å²) < 4.78 is 10.3. The molecule has 2 fully saturated rings. The molecular weight excluding hydrogens is 258 g/mol. The third-order valence-corrected chi connectivity index (χ3v) is 4.98. The topological polar surface area (TPSA) is 59.0 Å². The first-order valence-electron chi connectivity index (χ1n) is 7.47. The molecule has 1 aliphatic carbocycles. The average Bonchev–Trinajstić information content (AvgIpc) is 3.20. The Morgan fingerprint density at radius 3 is 2.50 bits per heavy atom. The number of methoxy groups -OCH3 is 2. The second-order valence-electron chi connectivity index (χ2n) is 6.46. The van der Waals surface area contributed by atoms with Crippen LogP contribution in [0.1, 0.15) is 32.6 Å². The molecular formula is C15H27NO4. The zero-order valence-electron chi connectivity index (χ0n) is 12.9. The van der Waals surface area contributed by atoms with E-state index in [2.05, 4.69) is 0 Å². The fourth-order valence-corrected chi connectivity index (χ4v) is 3.18. The quantitative estimate of drug-likeness (QED) is 0.792. The van der Waals surface area contributed by atoms with Crippen molar-refractivity contribution < 1.29 is 19.4 Å². The number of hydrogen-bond donors (Lipinski definition) is 1. The van der Waals surface area contributed by atoms with Crippen molar-refractivity contribution in [3.05, 3.63) is 0 Å². The summed E-state index contributed by atoms with van der Waals surface area (Å²) in [4.78, 5) is 14.5. The van der Waals surface area contributed by atoms with Gasteiger partial charge in [-0.25, -0.2) is 0 Å². The molecule has 1 N–H and O–H groups in total. The minimum absolute atomic E-state index is 0.0775. The van der Waals surface area contributed by atoms with Gasteiger partial charge in [0.2, 0.25) is 5.91 Å². The van der Waals surface area contributed by atoms with E-state index >= 15 is 0 Å². The molecule has 2 atom stereocenters. The van der Waals surface area contributed by atoms with Crippen molar-refractivity contribution in [2.45, 2.75) is 38.2 Å². The van der Waals surface area contributed by atoms with Gasteiger partial charge in [-0.1, -0.05) is 6.92 Å². The van der Waals surface area contributed by atoms with Crippen molar-refractivity contribution in [2.24, 2.45) is 11.3 Å². The van der Waals surface area contributed by atoms with Gasteiger partial charge in [-0.15, -0.1) is 0 Å². The van der Waals surface area contributed by atoms with Gasteiger partial charge in [0, 0.05) is 39.8 Å². The van der Waals surface area contributed by atoms with Gasteiger partial charge in [-0.3, -0.25) is 4.79 Å². The molecule has 0 radical (unpaired) electrons. The monoisotopic (exact) mass is 285 g/mol. The first-order valence-corrected chi connectivity index (χ1v) is 7.47. The minimum Gasteiger partial charge on any atom is -0.389 e. The lowest BCUT2D eigenvalue weighted by Crippen LogP contribution is -2.54. The lowest BCUT2D eigenvalue weighted by atomic mass is 9.79. The highest BCUT2D eigenvalue weighted by molar-refractivity contribution is 5.85. The number of hydrogen-bond acceptors (Lipinski definition) is 4. The number of amides is 1. The number of ether oxygens (including phenoxy) is 2. The molecule has 0 unspecified atom stereocenters. The zero-order chi connectivity index (χ0) is 14.8. The molecule has 0 spiro atoms. The average molecular weight is 285 g/mol. The number of aliphatic hydroxyl groups is 1. The van der Waals surface area contributed by atoms with E-state index in [0.29, 0.717) is 39.1 Å². The standard InChI is InChI=1S/C15H27NO4/c1-12-10-16(8-6-15(12,18)7-9-19-2)13(17)14(4-5-14)11-20-3/h12,18H,4-11H2,1-3H3/t12-,15-/m1/s1. The van der Waals surface area contributed by atoms with Crippen LogP contribution in [0.2, 0.25) is 0 Å². The Morgan fingerprint density at radius 1 is 1.30 bits per heavy atom. The zero-order valence-corrected chi connectivity index (χ0v) is 12.9. The molecule has 2 aliphatic rings. The normalized spacial score (nSPS) is 32.2. The van der Waals surface area contributed by atoms with E-state index in [1.165, 1.54) is 0 Å². The summed E-state index contributed by atoms with van der Waals surface area (Å²) in [6, 6.07) is 0. The van der Waals surface area contributed by atoms with Crippen LogP contribution in [0.3, 0.4) is 0 Å². The van der Waals surface area contributed by atoms with Crippen LogP contribution in [0.4, 0.5) is 0 Å². The van der Waals surface area contributed by atoms with E-state index in [4.69, 9.17) is 9.47 Å². The van der Waals surface area contributed by atoms with Gasteiger partial charge in [-0.2, -0.15) is 0 Å². The Balaban J connectivity index is 1.93. The number of rotatable bonds is 6. The molecule has 0 bridgehead atoms. The highest BCUT2D eigenvalue weighted by Gasteiger charge is 2.53. The minimum atomic E-state index is -0.704. The van der Waals surface area contributed by atoms with Gasteiger partial charge in [-0.05, 0) is 25.7 Å². The van der Waals surface area contributed by atoms with E-state index in [1.54, 1.807) is 14.2 Å². The summed E-state index contributed by atoms with van der Waals surface area (Å²) in [5, 5.41) is 10.6. The van der Waals surface area contributed by atoms with Crippen LogP contribution in [-0.4, -0.2) is 62.0 Å². The summed E-state index contributed by atoms with van der Waals surface area (Å²) in [7, 11) is 3.30. The van der Waals surface area contributed by atoms with Gasteiger partial charge >= 0.3 is 0 Å². The van der Waals surface area contributed by atoms with Crippen LogP contribution in [-0.2, 0) is 14.3 Å². The Morgan fingerprint density at radius 2 is 2.00 bits per heavy atom. The molecule has 0 aromatic carbocycles. The van der Waals surface area contributed by atoms with Crippen LogP contribution < -0.4 is 0 Å². The highest BCUT2D eigenvalue weighted by atomic mass is 16.5. The van der Waals surface area contributed by atoms with Crippen LogP contribution >= 0.6 is 0 Å². The van der Waals surface area contributed by atoms with Crippen molar-refractivity contribution in [2.75, 3.05) is 40.5 Å². The van der Waals surface area contributed by atoms with E-state index in [-0.39, 0.29) is 17.2 Å². The van der Waals surface area contributed by atoms with E-state index in [0.717, 1.165) is 12.8 Å². The first-order chi connectivity index (χ1) is 9.47. The fourth-order valence-electron chi connectivity index (χ4n) is 3.18. The molecule has 0 aromatic heterocycles. The molecule has 1 amide bonds. The van der Waals surface area contributed by atoms with Crippen molar-refractivity contribution in [1.82, 2.24) is 4.90 Å². The number of carbonyl (C=O) groups is 1. The predicted octanol–water partition coefficient (Wildman–Crippen LogP) is 1.05. The molecule has 20 heavy (non-hydrogen) atoms. The summed E-state index contributed by atoms with van der Waals surface area (Å²) in [5.74, 6) is 0.286. The SMILES string of the molecule is COCC[C@]1(O)CCN(C(=O)C2(COC)CC2)C[C@H]1C. The van der Waals surface area contributed by atoms with Crippen LogP contribution in [0.25, 0.3) is 0 Å². The van der Waals surface area contributed by atoms with Gasteiger partial charge in [0.05, 0.1) is 17.6 Å². The summed E-state index contributed by atoms with van der Waals surface area (Å²) >= 11 is 0. The highest BCUT2D eigenvalue weighted by Crippen LogP contribution is 2.48. The fraction of sp³-hybridized carbons (Fsp3) is 0.933. The molecule has 2 rings (SSSR count). The van der Waals surface area contributed by atoms with Crippen LogP contribution in [0, 0.1) is 11.3 Å². The summed E-state index contributed by atoms with van der Waals surface area (Å²) in [6.07, 6.45) is 3.12. The lowest BCUT2D eigenvalue weighted by molar-refractivity contribution is -0.148. The van der Waals surface area contributed by atoms with Gasteiger partial charge < -0.3 is 19.5 Å².